The molecule has 1 aromatic rings. The summed E-state index contributed by atoms with van der Waals surface area (Å²) in [5.41, 5.74) is 3.45. The molecule has 0 aromatic carbocycles. The van der Waals surface area contributed by atoms with Gasteiger partial charge in [0.05, 0.1) is 24.9 Å². The Bertz CT molecular complexity index is 492. The van der Waals surface area contributed by atoms with Crippen molar-refractivity contribution in [3.8, 4) is 0 Å². The van der Waals surface area contributed by atoms with Crippen LogP contribution in [-0.2, 0) is 23.0 Å². The molecule has 1 atom stereocenters. The Balaban J connectivity index is 1.81. The summed E-state index contributed by atoms with van der Waals surface area (Å²) < 4.78 is 7.21. The molecule has 1 aliphatic heterocycles. The van der Waals surface area contributed by atoms with Crippen LogP contribution in [0.4, 0.5) is 0 Å². The van der Waals surface area contributed by atoms with E-state index in [-0.39, 0.29) is 11.9 Å². The maximum Gasteiger partial charge on any atom is 0.237 e. The van der Waals surface area contributed by atoms with Crippen molar-refractivity contribution >= 4 is 5.91 Å². The Hall–Kier alpha value is -1.40. The fourth-order valence-corrected chi connectivity index (χ4v) is 2.77. The van der Waals surface area contributed by atoms with E-state index in [0.717, 1.165) is 25.2 Å². The van der Waals surface area contributed by atoms with Gasteiger partial charge in [0, 0.05) is 32.4 Å². The molecule has 0 bridgehead atoms. The number of morpholine rings is 1. The zero-order valence-corrected chi connectivity index (χ0v) is 13.5. The van der Waals surface area contributed by atoms with Gasteiger partial charge in [0.15, 0.2) is 0 Å². The maximum absolute atomic E-state index is 12.2. The largest absolute Gasteiger partial charge is 0.379 e. The standard InChI is InChI=1S/C15H26N4O2/c1-11-14(12(2)18(4)17-11)5-6-16-15(20)13(3)19-7-9-21-10-8-19/h13H,5-10H2,1-4H3,(H,16,20). The highest BCUT2D eigenvalue weighted by molar-refractivity contribution is 5.81. The predicted molar refractivity (Wildman–Crippen MR) is 81.2 cm³/mol. The van der Waals surface area contributed by atoms with Crippen molar-refractivity contribution in [2.45, 2.75) is 33.2 Å². The zero-order valence-electron chi connectivity index (χ0n) is 13.5. The number of carbonyl (C=O) groups excluding carboxylic acids is 1. The average Bonchev–Trinajstić information content (AvgIpc) is 2.73. The van der Waals surface area contributed by atoms with Gasteiger partial charge < -0.3 is 10.1 Å². The molecule has 0 radical (unpaired) electrons. The molecule has 1 fully saturated rings. The van der Waals surface area contributed by atoms with Crippen molar-refractivity contribution in [1.82, 2.24) is 20.0 Å². The van der Waals surface area contributed by atoms with E-state index in [4.69, 9.17) is 4.74 Å². The quantitative estimate of drug-likeness (QED) is 0.855. The number of aryl methyl sites for hydroxylation is 2. The second kappa shape index (κ2) is 7.04. The van der Waals surface area contributed by atoms with Crippen LogP contribution >= 0.6 is 0 Å². The van der Waals surface area contributed by atoms with E-state index in [9.17, 15) is 4.79 Å². The number of rotatable bonds is 5. The van der Waals surface area contributed by atoms with Gasteiger partial charge in [0.1, 0.15) is 0 Å². The van der Waals surface area contributed by atoms with Gasteiger partial charge in [0.25, 0.3) is 0 Å². The summed E-state index contributed by atoms with van der Waals surface area (Å²) in [5, 5.41) is 7.43. The van der Waals surface area contributed by atoms with E-state index in [0.29, 0.717) is 19.8 Å². The minimum atomic E-state index is -0.0926. The Morgan fingerprint density at radius 3 is 2.62 bits per heavy atom. The number of aromatic nitrogens is 2. The Morgan fingerprint density at radius 1 is 1.38 bits per heavy atom. The molecular formula is C15H26N4O2. The van der Waals surface area contributed by atoms with Crippen molar-refractivity contribution < 1.29 is 9.53 Å². The van der Waals surface area contributed by atoms with Crippen molar-refractivity contribution in [1.29, 1.82) is 0 Å². The zero-order chi connectivity index (χ0) is 15.4. The lowest BCUT2D eigenvalue weighted by Crippen LogP contribution is -2.49. The van der Waals surface area contributed by atoms with Gasteiger partial charge in [-0.3, -0.25) is 14.4 Å². The molecule has 1 saturated heterocycles. The number of hydrogen-bond donors (Lipinski definition) is 1. The van der Waals surface area contributed by atoms with Gasteiger partial charge in [-0.1, -0.05) is 0 Å². The first-order chi connectivity index (χ1) is 10.0. The van der Waals surface area contributed by atoms with Crippen LogP contribution in [0, 0.1) is 13.8 Å². The molecule has 21 heavy (non-hydrogen) atoms. The van der Waals surface area contributed by atoms with Crippen LogP contribution in [-0.4, -0.2) is 59.5 Å². The Morgan fingerprint density at radius 2 is 2.05 bits per heavy atom. The third-order valence-corrected chi connectivity index (χ3v) is 4.31. The van der Waals surface area contributed by atoms with E-state index in [2.05, 4.69) is 22.2 Å². The molecule has 2 rings (SSSR count). The molecular weight excluding hydrogens is 268 g/mol. The van der Waals surface area contributed by atoms with E-state index >= 15 is 0 Å². The first kappa shape index (κ1) is 16.0. The molecule has 6 heteroatoms. The average molecular weight is 294 g/mol. The van der Waals surface area contributed by atoms with E-state index < -0.39 is 0 Å². The van der Waals surface area contributed by atoms with Crippen LogP contribution in [0.3, 0.4) is 0 Å². The van der Waals surface area contributed by atoms with Crippen molar-refractivity contribution in [3.05, 3.63) is 17.0 Å². The highest BCUT2D eigenvalue weighted by atomic mass is 16.5. The smallest absolute Gasteiger partial charge is 0.237 e. The maximum atomic E-state index is 12.2. The fourth-order valence-electron chi connectivity index (χ4n) is 2.77. The van der Waals surface area contributed by atoms with Crippen LogP contribution in [0.1, 0.15) is 23.9 Å². The van der Waals surface area contributed by atoms with Crippen molar-refractivity contribution in [2.75, 3.05) is 32.8 Å². The summed E-state index contributed by atoms with van der Waals surface area (Å²) in [6.45, 7) is 9.78. The summed E-state index contributed by atoms with van der Waals surface area (Å²) in [5.74, 6) is 0.0936. The minimum Gasteiger partial charge on any atom is -0.379 e. The molecule has 6 nitrogen and oxygen atoms in total. The predicted octanol–water partition coefficient (Wildman–Crippen LogP) is 0.416. The monoisotopic (exact) mass is 294 g/mol. The second-order valence-corrected chi connectivity index (χ2v) is 5.64. The highest BCUT2D eigenvalue weighted by Gasteiger charge is 2.22. The van der Waals surface area contributed by atoms with Gasteiger partial charge in [-0.2, -0.15) is 5.10 Å². The normalized spacial score (nSPS) is 17.7. The third kappa shape index (κ3) is 3.83. The van der Waals surface area contributed by atoms with Crippen LogP contribution in [0.25, 0.3) is 0 Å². The summed E-state index contributed by atoms with van der Waals surface area (Å²) in [6, 6.07) is -0.0926. The Kier molecular flexibility index (Phi) is 5.36. The number of amides is 1. The van der Waals surface area contributed by atoms with Gasteiger partial charge in [-0.05, 0) is 32.8 Å². The molecule has 0 aliphatic carbocycles. The lowest BCUT2D eigenvalue weighted by molar-refractivity contribution is -0.127. The van der Waals surface area contributed by atoms with E-state index in [1.54, 1.807) is 0 Å². The number of carbonyl (C=O) groups is 1. The summed E-state index contributed by atoms with van der Waals surface area (Å²) in [4.78, 5) is 14.4. The SMILES string of the molecule is Cc1nn(C)c(C)c1CCNC(=O)C(C)N1CCOCC1. The lowest BCUT2D eigenvalue weighted by Gasteiger charge is -2.31. The molecule has 0 saturated carbocycles. The number of ether oxygens (including phenoxy) is 1. The minimum absolute atomic E-state index is 0.0926. The summed E-state index contributed by atoms with van der Waals surface area (Å²) in [6.07, 6.45) is 0.826. The van der Waals surface area contributed by atoms with Crippen LogP contribution in [0.2, 0.25) is 0 Å². The van der Waals surface area contributed by atoms with Crippen molar-refractivity contribution in [2.24, 2.45) is 7.05 Å². The second-order valence-electron chi connectivity index (χ2n) is 5.64. The van der Waals surface area contributed by atoms with Crippen LogP contribution in [0.15, 0.2) is 0 Å². The van der Waals surface area contributed by atoms with Crippen LogP contribution < -0.4 is 5.32 Å². The first-order valence-corrected chi connectivity index (χ1v) is 7.59. The first-order valence-electron chi connectivity index (χ1n) is 7.59. The molecule has 1 aliphatic rings. The number of nitrogens with one attached hydrogen (secondary N) is 1. The summed E-state index contributed by atoms with van der Waals surface area (Å²) in [7, 11) is 1.95. The Labute approximate surface area is 126 Å². The van der Waals surface area contributed by atoms with Gasteiger partial charge in [-0.25, -0.2) is 0 Å². The molecule has 118 valence electrons. The van der Waals surface area contributed by atoms with E-state index in [1.807, 2.05) is 25.6 Å². The van der Waals surface area contributed by atoms with Gasteiger partial charge in [-0.15, -0.1) is 0 Å². The molecule has 2 heterocycles. The molecule has 1 amide bonds. The third-order valence-electron chi connectivity index (χ3n) is 4.31. The summed E-state index contributed by atoms with van der Waals surface area (Å²) >= 11 is 0. The topological polar surface area (TPSA) is 59.4 Å². The number of nitrogens with zero attached hydrogens (tertiary/aromatic N) is 3. The lowest BCUT2D eigenvalue weighted by atomic mass is 10.1. The van der Waals surface area contributed by atoms with Gasteiger partial charge in [0.2, 0.25) is 5.91 Å². The number of hydrogen-bond acceptors (Lipinski definition) is 4. The highest BCUT2D eigenvalue weighted by Crippen LogP contribution is 2.12. The van der Waals surface area contributed by atoms with Gasteiger partial charge >= 0.3 is 0 Å². The van der Waals surface area contributed by atoms with Crippen molar-refractivity contribution in [3.63, 3.8) is 0 Å². The molecule has 1 N–H and O–H groups in total. The van der Waals surface area contributed by atoms with E-state index in [1.165, 1.54) is 11.3 Å². The molecule has 1 unspecified atom stereocenters. The molecule has 0 spiro atoms. The van der Waals surface area contributed by atoms with Crippen LogP contribution in [0.5, 0.6) is 0 Å². The molecule has 1 aromatic heterocycles. The fraction of sp³-hybridized carbons (Fsp3) is 0.733.